The maximum Gasteiger partial charge on any atom is 0.412 e. The van der Waals surface area contributed by atoms with E-state index in [-0.39, 0.29) is 5.56 Å². The van der Waals surface area contributed by atoms with Gasteiger partial charge in [0.2, 0.25) is 0 Å². The van der Waals surface area contributed by atoms with Gasteiger partial charge in [-0.25, -0.2) is 13.6 Å². The van der Waals surface area contributed by atoms with Crippen molar-refractivity contribution in [2.45, 2.75) is 32.4 Å². The van der Waals surface area contributed by atoms with Crippen LogP contribution < -0.4 is 11.1 Å². The summed E-state index contributed by atoms with van der Waals surface area (Å²) in [5.41, 5.74) is 4.54. The van der Waals surface area contributed by atoms with E-state index in [1.807, 2.05) is 0 Å². The summed E-state index contributed by atoms with van der Waals surface area (Å²) in [6, 6.07) is 1.16. The Morgan fingerprint density at radius 3 is 2.55 bits per heavy atom. The van der Waals surface area contributed by atoms with Crippen LogP contribution in [0.4, 0.5) is 19.3 Å². The summed E-state index contributed by atoms with van der Waals surface area (Å²) in [6.07, 6.45) is -0.912. The van der Waals surface area contributed by atoms with E-state index < -0.39 is 41.7 Å². The Hall–Kier alpha value is -1.73. The summed E-state index contributed by atoms with van der Waals surface area (Å²) >= 11 is 0. The van der Waals surface area contributed by atoms with Crippen molar-refractivity contribution >= 4 is 11.8 Å². The Kier molecular flexibility index (Phi) is 5.02. The number of anilines is 1. The number of halogens is 2. The molecule has 20 heavy (non-hydrogen) atoms. The molecule has 0 bridgehead atoms. The molecule has 4 N–H and O–H groups in total. The van der Waals surface area contributed by atoms with Gasteiger partial charge < -0.3 is 15.6 Å². The molecule has 1 atom stereocenters. The average molecular weight is 288 g/mol. The minimum Gasteiger partial charge on any atom is -0.444 e. The van der Waals surface area contributed by atoms with Gasteiger partial charge in [-0.15, -0.1) is 0 Å². The zero-order chi connectivity index (χ0) is 15.5. The molecule has 0 aromatic heterocycles. The highest BCUT2D eigenvalue weighted by molar-refractivity contribution is 5.85. The lowest BCUT2D eigenvalue weighted by Crippen LogP contribution is -2.27. The van der Waals surface area contributed by atoms with Crippen LogP contribution in [-0.4, -0.2) is 23.4 Å². The fraction of sp³-hybridized carbons (Fsp3) is 0.462. The molecule has 1 amide bonds. The maximum absolute atomic E-state index is 13.6. The molecule has 1 rings (SSSR count). The molecule has 0 radical (unpaired) electrons. The first-order valence-corrected chi connectivity index (χ1v) is 5.99. The second-order valence-corrected chi connectivity index (χ2v) is 5.28. The van der Waals surface area contributed by atoms with Crippen LogP contribution in [0.3, 0.4) is 0 Å². The number of nitrogens with one attached hydrogen (secondary N) is 1. The van der Waals surface area contributed by atoms with Gasteiger partial charge in [-0.1, -0.05) is 0 Å². The second-order valence-electron chi connectivity index (χ2n) is 5.28. The van der Waals surface area contributed by atoms with Crippen molar-refractivity contribution in [1.29, 1.82) is 0 Å². The lowest BCUT2D eigenvalue weighted by molar-refractivity contribution is 0.0635. The van der Waals surface area contributed by atoms with Crippen LogP contribution in [-0.2, 0) is 4.74 Å². The van der Waals surface area contributed by atoms with Crippen LogP contribution in [0.2, 0.25) is 0 Å². The number of ether oxygens (including phenoxy) is 1. The van der Waals surface area contributed by atoms with Gasteiger partial charge in [-0.2, -0.15) is 0 Å². The summed E-state index contributed by atoms with van der Waals surface area (Å²) in [4.78, 5) is 11.5. The van der Waals surface area contributed by atoms with Crippen molar-refractivity contribution in [2.24, 2.45) is 5.73 Å². The lowest BCUT2D eigenvalue weighted by Gasteiger charge is -2.20. The molecule has 0 aliphatic carbocycles. The van der Waals surface area contributed by atoms with Gasteiger partial charge >= 0.3 is 6.09 Å². The molecule has 0 fully saturated rings. The SMILES string of the molecule is CC(C)(C)OC(=O)Nc1cc(C(N)CO)cc(F)c1F. The van der Waals surface area contributed by atoms with Gasteiger partial charge in [0.15, 0.2) is 11.6 Å². The second kappa shape index (κ2) is 6.15. The largest absolute Gasteiger partial charge is 0.444 e. The fourth-order valence-corrected chi connectivity index (χ4v) is 1.43. The molecule has 1 aromatic rings. The minimum absolute atomic E-state index is 0.164. The smallest absolute Gasteiger partial charge is 0.412 e. The first-order chi connectivity index (χ1) is 9.14. The topological polar surface area (TPSA) is 84.6 Å². The predicted molar refractivity (Wildman–Crippen MR) is 70.2 cm³/mol. The van der Waals surface area contributed by atoms with Gasteiger partial charge in [0.1, 0.15) is 5.60 Å². The first kappa shape index (κ1) is 16.3. The van der Waals surface area contributed by atoms with Crippen LogP contribution >= 0.6 is 0 Å². The third-order valence-electron chi connectivity index (χ3n) is 2.31. The van der Waals surface area contributed by atoms with E-state index in [1.165, 1.54) is 0 Å². The number of amides is 1. The Morgan fingerprint density at radius 2 is 2.05 bits per heavy atom. The van der Waals surface area contributed by atoms with E-state index in [0.717, 1.165) is 12.1 Å². The van der Waals surface area contributed by atoms with Crippen LogP contribution in [0.1, 0.15) is 32.4 Å². The molecule has 112 valence electrons. The predicted octanol–water partition coefficient (Wildman–Crippen LogP) is 2.30. The van der Waals surface area contributed by atoms with E-state index in [1.54, 1.807) is 20.8 Å². The number of aliphatic hydroxyl groups is 1. The quantitative estimate of drug-likeness (QED) is 0.796. The molecule has 0 aliphatic heterocycles. The van der Waals surface area contributed by atoms with E-state index in [9.17, 15) is 13.6 Å². The number of hydrogen-bond donors (Lipinski definition) is 3. The van der Waals surface area contributed by atoms with Crippen molar-refractivity contribution in [3.63, 3.8) is 0 Å². The van der Waals surface area contributed by atoms with Crippen molar-refractivity contribution < 1.29 is 23.4 Å². The Morgan fingerprint density at radius 1 is 1.45 bits per heavy atom. The molecular weight excluding hydrogens is 270 g/mol. The number of rotatable bonds is 3. The van der Waals surface area contributed by atoms with Crippen molar-refractivity contribution in [1.82, 2.24) is 0 Å². The third kappa shape index (κ3) is 4.43. The number of aliphatic hydroxyl groups excluding tert-OH is 1. The molecule has 0 spiro atoms. The van der Waals surface area contributed by atoms with Crippen LogP contribution in [0.5, 0.6) is 0 Å². The number of carbonyl (C=O) groups excluding carboxylic acids is 1. The molecule has 5 nitrogen and oxygen atoms in total. The zero-order valence-corrected chi connectivity index (χ0v) is 11.5. The van der Waals surface area contributed by atoms with E-state index in [4.69, 9.17) is 15.6 Å². The summed E-state index contributed by atoms with van der Waals surface area (Å²) in [5, 5.41) is 11.0. The Bertz CT molecular complexity index is 501. The highest BCUT2D eigenvalue weighted by atomic mass is 19.2. The van der Waals surface area contributed by atoms with Crippen LogP contribution in [0, 0.1) is 11.6 Å². The summed E-state index contributed by atoms with van der Waals surface area (Å²) < 4.78 is 32.0. The minimum atomic E-state index is -1.22. The highest BCUT2D eigenvalue weighted by Crippen LogP contribution is 2.23. The molecule has 0 saturated carbocycles. The van der Waals surface area contributed by atoms with Crippen molar-refractivity contribution in [3.8, 4) is 0 Å². The van der Waals surface area contributed by atoms with Crippen LogP contribution in [0.15, 0.2) is 12.1 Å². The van der Waals surface area contributed by atoms with E-state index in [2.05, 4.69) is 5.32 Å². The monoisotopic (exact) mass is 288 g/mol. The molecule has 1 unspecified atom stereocenters. The van der Waals surface area contributed by atoms with Crippen molar-refractivity contribution in [2.75, 3.05) is 11.9 Å². The summed E-state index contributed by atoms with van der Waals surface area (Å²) in [7, 11) is 0. The van der Waals surface area contributed by atoms with Crippen molar-refractivity contribution in [3.05, 3.63) is 29.3 Å². The van der Waals surface area contributed by atoms with Gasteiger partial charge in [0.05, 0.1) is 18.3 Å². The standard InChI is InChI=1S/C13H18F2N2O3/c1-13(2,3)20-12(19)17-10-5-7(9(16)6-18)4-8(14)11(10)15/h4-5,9,18H,6,16H2,1-3H3,(H,17,19). The van der Waals surface area contributed by atoms with E-state index in [0.29, 0.717) is 0 Å². The molecule has 1 aromatic carbocycles. The normalized spacial score (nSPS) is 12.9. The third-order valence-corrected chi connectivity index (χ3v) is 2.31. The fourth-order valence-electron chi connectivity index (χ4n) is 1.43. The lowest BCUT2D eigenvalue weighted by atomic mass is 10.1. The zero-order valence-electron chi connectivity index (χ0n) is 11.5. The van der Waals surface area contributed by atoms with Gasteiger partial charge in [-0.05, 0) is 38.5 Å². The highest BCUT2D eigenvalue weighted by Gasteiger charge is 2.20. The average Bonchev–Trinajstić information content (AvgIpc) is 2.31. The molecule has 0 aliphatic rings. The maximum atomic E-state index is 13.6. The first-order valence-electron chi connectivity index (χ1n) is 5.99. The molecular formula is C13H18F2N2O3. The van der Waals surface area contributed by atoms with Gasteiger partial charge in [-0.3, -0.25) is 5.32 Å². The van der Waals surface area contributed by atoms with E-state index >= 15 is 0 Å². The summed E-state index contributed by atoms with van der Waals surface area (Å²) in [6.45, 7) is 4.49. The molecule has 0 saturated heterocycles. The van der Waals surface area contributed by atoms with Crippen LogP contribution in [0.25, 0.3) is 0 Å². The summed E-state index contributed by atoms with van der Waals surface area (Å²) in [5.74, 6) is -2.39. The number of benzene rings is 1. The Balaban J connectivity index is 3.00. The van der Waals surface area contributed by atoms with Gasteiger partial charge in [0.25, 0.3) is 0 Å². The number of nitrogens with two attached hydrogens (primary N) is 1. The van der Waals surface area contributed by atoms with Gasteiger partial charge in [0, 0.05) is 0 Å². The molecule has 0 heterocycles. The molecule has 7 heteroatoms. The Labute approximate surface area is 115 Å². The number of carbonyl (C=O) groups is 1. The number of hydrogen-bond acceptors (Lipinski definition) is 4.